The number of nitrogens with zero attached hydrogens (tertiary/aromatic N) is 1. The quantitative estimate of drug-likeness (QED) is 0.444. The lowest BCUT2D eigenvalue weighted by Crippen LogP contribution is -2.05. The van der Waals surface area contributed by atoms with Gasteiger partial charge >= 0.3 is 0 Å². The molecule has 0 fully saturated rings. The molecule has 0 aliphatic carbocycles. The van der Waals surface area contributed by atoms with Crippen LogP contribution < -0.4 is 9.47 Å². The molecule has 3 nitrogen and oxygen atoms in total. The van der Waals surface area contributed by atoms with Crippen LogP contribution in [-0.2, 0) is 6.42 Å². The van der Waals surface area contributed by atoms with Crippen molar-refractivity contribution in [2.75, 3.05) is 20.1 Å². The molecule has 0 aliphatic rings. The van der Waals surface area contributed by atoms with Crippen LogP contribution in [0.5, 0.6) is 11.5 Å². The molecular weight excluding hydrogens is 294 g/mol. The Balaban J connectivity index is 3.08. The van der Waals surface area contributed by atoms with E-state index >= 15 is 0 Å². The second-order valence-corrected chi connectivity index (χ2v) is 7.28. The molecule has 0 radical (unpaired) electrons. The van der Waals surface area contributed by atoms with Crippen molar-refractivity contribution in [3.63, 3.8) is 0 Å². The molecular formula is C15H22ClNO2S. The van der Waals surface area contributed by atoms with Crippen molar-refractivity contribution in [1.29, 1.82) is 0 Å². The van der Waals surface area contributed by atoms with Gasteiger partial charge in [0.05, 0.1) is 14.2 Å². The minimum atomic E-state index is 0.0969. The highest BCUT2D eigenvalue weighted by molar-refractivity contribution is 7.99. The lowest BCUT2D eigenvalue weighted by Gasteiger charge is -2.14. The molecule has 0 aliphatic heterocycles. The van der Waals surface area contributed by atoms with Gasteiger partial charge in [0.2, 0.25) is 0 Å². The van der Waals surface area contributed by atoms with Crippen molar-refractivity contribution in [3.8, 4) is 11.5 Å². The molecule has 0 saturated carbocycles. The smallest absolute Gasteiger partial charge is 0.161 e. The number of benzene rings is 1. The third-order valence-corrected chi connectivity index (χ3v) is 3.48. The Morgan fingerprint density at radius 3 is 2.30 bits per heavy atom. The Hall–Kier alpha value is -0.870. The molecule has 1 aromatic rings. The number of halogens is 1. The van der Waals surface area contributed by atoms with Crippen molar-refractivity contribution in [2.45, 2.75) is 31.9 Å². The number of rotatable bonds is 6. The van der Waals surface area contributed by atoms with Gasteiger partial charge in [0, 0.05) is 22.4 Å². The number of hydrogen-bond donors (Lipinski definition) is 0. The zero-order chi connectivity index (χ0) is 15.2. The second-order valence-electron chi connectivity index (χ2n) is 5.28. The topological polar surface area (TPSA) is 30.8 Å². The van der Waals surface area contributed by atoms with Crippen molar-refractivity contribution < 1.29 is 9.47 Å². The lowest BCUT2D eigenvalue weighted by atomic mass is 10.0. The minimum Gasteiger partial charge on any atom is -0.493 e. The fourth-order valence-electron chi connectivity index (χ4n) is 1.62. The highest BCUT2D eigenvalue weighted by Crippen LogP contribution is 2.31. The summed E-state index contributed by atoms with van der Waals surface area (Å²) in [4.78, 5) is 0. The van der Waals surface area contributed by atoms with Crippen molar-refractivity contribution >= 4 is 29.8 Å². The van der Waals surface area contributed by atoms with E-state index in [0.29, 0.717) is 17.4 Å². The van der Waals surface area contributed by atoms with Crippen LogP contribution in [-0.4, -0.2) is 31.1 Å². The van der Waals surface area contributed by atoms with Crippen molar-refractivity contribution in [1.82, 2.24) is 0 Å². The molecule has 0 atom stereocenters. The van der Waals surface area contributed by atoms with E-state index in [0.717, 1.165) is 17.5 Å². The number of aryl methyl sites for hydroxylation is 1. The number of ether oxygens (including phenoxy) is 2. The van der Waals surface area contributed by atoms with Gasteiger partial charge in [-0.15, -0.1) is 11.6 Å². The molecule has 0 heterocycles. The van der Waals surface area contributed by atoms with Gasteiger partial charge in [-0.05, 0) is 56.8 Å². The average molecular weight is 316 g/mol. The van der Waals surface area contributed by atoms with Gasteiger partial charge in [-0.2, -0.15) is 0 Å². The highest BCUT2D eigenvalue weighted by atomic mass is 35.5. The Morgan fingerprint density at radius 1 is 1.20 bits per heavy atom. The Kier molecular flexibility index (Phi) is 6.69. The van der Waals surface area contributed by atoms with Crippen LogP contribution in [0.1, 0.15) is 31.9 Å². The summed E-state index contributed by atoms with van der Waals surface area (Å²) < 4.78 is 15.2. The Labute approximate surface area is 130 Å². The first-order valence-electron chi connectivity index (χ1n) is 6.43. The van der Waals surface area contributed by atoms with Crippen LogP contribution in [0.25, 0.3) is 0 Å². The van der Waals surface area contributed by atoms with E-state index in [1.807, 2.05) is 18.3 Å². The first-order chi connectivity index (χ1) is 9.41. The van der Waals surface area contributed by atoms with Gasteiger partial charge in [-0.1, -0.05) is 0 Å². The van der Waals surface area contributed by atoms with E-state index in [1.54, 1.807) is 26.2 Å². The standard InChI is InChI=1S/C15H22ClNO2S/c1-15(2,3)20-17-10-12-9-14(19-5)13(18-4)8-11(12)6-7-16/h8-10H,6-7H2,1-5H3. The Bertz CT molecular complexity index is 470. The van der Waals surface area contributed by atoms with Crippen LogP contribution in [0.2, 0.25) is 0 Å². The van der Waals surface area contributed by atoms with Crippen LogP contribution >= 0.6 is 23.5 Å². The van der Waals surface area contributed by atoms with Gasteiger partial charge in [-0.3, -0.25) is 0 Å². The zero-order valence-corrected chi connectivity index (χ0v) is 14.3. The summed E-state index contributed by atoms with van der Waals surface area (Å²) in [5, 5.41) is 0. The summed E-state index contributed by atoms with van der Waals surface area (Å²) in [6, 6.07) is 3.90. The van der Waals surface area contributed by atoms with Gasteiger partial charge in [0.1, 0.15) is 0 Å². The molecule has 1 rings (SSSR count). The van der Waals surface area contributed by atoms with Gasteiger partial charge in [0.15, 0.2) is 11.5 Å². The van der Waals surface area contributed by atoms with Gasteiger partial charge in [-0.25, -0.2) is 4.40 Å². The monoisotopic (exact) mass is 315 g/mol. The maximum absolute atomic E-state index is 5.86. The maximum atomic E-state index is 5.86. The molecule has 5 heteroatoms. The molecule has 1 aromatic carbocycles. The van der Waals surface area contributed by atoms with Crippen LogP contribution in [0.15, 0.2) is 16.5 Å². The molecule has 112 valence electrons. The lowest BCUT2D eigenvalue weighted by molar-refractivity contribution is 0.354. The second kappa shape index (κ2) is 7.79. The SMILES string of the molecule is COc1cc(C=NSC(C)(C)C)c(CCCl)cc1OC. The fourth-order valence-corrected chi connectivity index (χ4v) is 2.30. The Morgan fingerprint density at radius 2 is 1.80 bits per heavy atom. The van der Waals surface area contributed by atoms with Crippen LogP contribution in [0.3, 0.4) is 0 Å². The molecule has 20 heavy (non-hydrogen) atoms. The van der Waals surface area contributed by atoms with Crippen LogP contribution in [0, 0.1) is 0 Å². The van der Waals surface area contributed by atoms with E-state index in [4.69, 9.17) is 21.1 Å². The number of hydrogen-bond acceptors (Lipinski definition) is 4. The molecule has 0 amide bonds. The van der Waals surface area contributed by atoms with Crippen molar-refractivity contribution in [3.05, 3.63) is 23.3 Å². The van der Waals surface area contributed by atoms with Crippen LogP contribution in [0.4, 0.5) is 0 Å². The summed E-state index contributed by atoms with van der Waals surface area (Å²) in [5.41, 5.74) is 2.12. The first kappa shape index (κ1) is 17.2. The van der Waals surface area contributed by atoms with Gasteiger partial charge < -0.3 is 9.47 Å². The summed E-state index contributed by atoms with van der Waals surface area (Å²) >= 11 is 7.41. The number of methoxy groups -OCH3 is 2. The van der Waals surface area contributed by atoms with E-state index in [-0.39, 0.29) is 4.75 Å². The first-order valence-corrected chi connectivity index (χ1v) is 7.74. The molecule has 0 N–H and O–H groups in total. The normalized spacial score (nSPS) is 11.9. The summed E-state index contributed by atoms with van der Waals surface area (Å²) in [6.07, 6.45) is 2.63. The third kappa shape index (κ3) is 5.25. The van der Waals surface area contributed by atoms with E-state index in [2.05, 4.69) is 25.2 Å². The summed E-state index contributed by atoms with van der Waals surface area (Å²) in [6.45, 7) is 6.38. The van der Waals surface area contributed by atoms with E-state index in [9.17, 15) is 0 Å². The highest BCUT2D eigenvalue weighted by Gasteiger charge is 2.12. The summed E-state index contributed by atoms with van der Waals surface area (Å²) in [5.74, 6) is 1.98. The molecule has 0 aromatic heterocycles. The number of alkyl halides is 1. The predicted octanol–water partition coefficient (Wildman–Crippen LogP) is 4.35. The predicted molar refractivity (Wildman–Crippen MR) is 88.9 cm³/mol. The fraction of sp³-hybridized carbons (Fsp3) is 0.533. The van der Waals surface area contributed by atoms with E-state index in [1.165, 1.54) is 0 Å². The zero-order valence-electron chi connectivity index (χ0n) is 12.7. The summed E-state index contributed by atoms with van der Waals surface area (Å²) in [7, 11) is 3.26. The molecule has 0 spiro atoms. The van der Waals surface area contributed by atoms with Crippen molar-refractivity contribution in [2.24, 2.45) is 4.40 Å². The average Bonchev–Trinajstić information content (AvgIpc) is 2.38. The molecule has 0 unspecified atom stereocenters. The largest absolute Gasteiger partial charge is 0.493 e. The van der Waals surface area contributed by atoms with Gasteiger partial charge in [0.25, 0.3) is 0 Å². The minimum absolute atomic E-state index is 0.0969. The molecule has 0 saturated heterocycles. The van der Waals surface area contributed by atoms with E-state index < -0.39 is 0 Å². The third-order valence-electron chi connectivity index (χ3n) is 2.53. The molecule has 0 bridgehead atoms. The maximum Gasteiger partial charge on any atom is 0.161 e.